The van der Waals surface area contributed by atoms with E-state index in [4.69, 9.17) is 4.74 Å². The maximum absolute atomic E-state index is 15.4. The Morgan fingerprint density at radius 1 is 1.18 bits per heavy atom. The summed E-state index contributed by atoms with van der Waals surface area (Å²) in [4.78, 5) is 0. The van der Waals surface area contributed by atoms with Crippen molar-refractivity contribution in [1.29, 1.82) is 0 Å². The third kappa shape index (κ3) is 4.79. The highest BCUT2D eigenvalue weighted by Crippen LogP contribution is 2.40. The third-order valence-corrected chi connectivity index (χ3v) is 10.3. The van der Waals surface area contributed by atoms with Crippen LogP contribution in [0.2, 0.25) is 0 Å². The summed E-state index contributed by atoms with van der Waals surface area (Å²) in [6.45, 7) is 2.92. The molecule has 8 heteroatoms. The van der Waals surface area contributed by atoms with Gasteiger partial charge in [0.1, 0.15) is 5.82 Å². The molecule has 0 amide bonds. The normalized spacial score (nSPS) is 27.2. The van der Waals surface area contributed by atoms with E-state index in [1.165, 1.54) is 6.07 Å². The number of nitrogens with one attached hydrogen (secondary N) is 1. The van der Waals surface area contributed by atoms with E-state index in [1.807, 2.05) is 37.3 Å². The molecule has 0 radical (unpaired) electrons. The Bertz CT molecular complexity index is 1070. The average molecular weight is 492 g/mol. The second kappa shape index (κ2) is 10.4. The standard InChI is InChI=1S/C26H34FNO5S/c1-18-23(34(31,32)24(17-28-18)19-5-3-2-4-6-19)15-20-7-8-21(16-22(20)27)26(25(30)9-12-29)10-13-33-14-11-26/h2-8,16,18,23-25,28-30H,9-15,17H2,1H3/t18-,23?,24-,25+/m0/s1. The molecule has 1 unspecified atom stereocenters. The van der Waals surface area contributed by atoms with E-state index in [-0.39, 0.29) is 25.5 Å². The van der Waals surface area contributed by atoms with Crippen molar-refractivity contribution in [2.45, 2.75) is 60.7 Å². The van der Waals surface area contributed by atoms with Crippen molar-refractivity contribution in [2.24, 2.45) is 0 Å². The first-order valence-corrected chi connectivity index (χ1v) is 13.6. The number of ether oxygens (including phenoxy) is 1. The number of aliphatic hydroxyl groups is 2. The van der Waals surface area contributed by atoms with Crippen LogP contribution in [0.3, 0.4) is 0 Å². The van der Waals surface area contributed by atoms with Crippen LogP contribution in [0.15, 0.2) is 48.5 Å². The topological polar surface area (TPSA) is 95.9 Å². The molecule has 0 bridgehead atoms. The van der Waals surface area contributed by atoms with Gasteiger partial charge in [0.25, 0.3) is 0 Å². The highest BCUT2D eigenvalue weighted by molar-refractivity contribution is 7.92. The minimum atomic E-state index is -3.56. The van der Waals surface area contributed by atoms with Crippen molar-refractivity contribution in [3.63, 3.8) is 0 Å². The fourth-order valence-corrected chi connectivity index (χ4v) is 7.86. The van der Waals surface area contributed by atoms with Gasteiger partial charge in [-0.3, -0.25) is 0 Å². The number of sulfone groups is 1. The Labute approximate surface area is 201 Å². The maximum atomic E-state index is 15.4. The molecule has 2 saturated heterocycles. The number of benzene rings is 2. The minimum absolute atomic E-state index is 0.0707. The smallest absolute Gasteiger partial charge is 0.163 e. The van der Waals surface area contributed by atoms with Crippen molar-refractivity contribution in [2.75, 3.05) is 26.4 Å². The van der Waals surface area contributed by atoms with Crippen LogP contribution in [-0.4, -0.2) is 62.4 Å². The van der Waals surface area contributed by atoms with E-state index in [1.54, 1.807) is 12.1 Å². The van der Waals surface area contributed by atoms with Gasteiger partial charge in [0.2, 0.25) is 0 Å². The quantitative estimate of drug-likeness (QED) is 0.551. The number of halogens is 1. The van der Waals surface area contributed by atoms with Gasteiger partial charge in [-0.25, -0.2) is 12.8 Å². The first-order chi connectivity index (χ1) is 16.3. The SMILES string of the molecule is C[C@@H]1NC[C@@H](c2ccccc2)S(=O)(=O)C1Cc1ccc(C2([C@H](O)CCO)CCOCC2)cc1F. The first kappa shape index (κ1) is 25.3. The van der Waals surface area contributed by atoms with Crippen molar-refractivity contribution < 1.29 is 27.8 Å². The van der Waals surface area contributed by atoms with Crippen molar-refractivity contribution in [3.8, 4) is 0 Å². The second-order valence-electron chi connectivity index (χ2n) is 9.53. The molecule has 0 aromatic heterocycles. The summed E-state index contributed by atoms with van der Waals surface area (Å²) in [5.41, 5.74) is 1.06. The zero-order valence-electron chi connectivity index (χ0n) is 19.5. The van der Waals surface area contributed by atoms with Crippen LogP contribution in [-0.2, 0) is 26.4 Å². The molecule has 186 valence electrons. The maximum Gasteiger partial charge on any atom is 0.163 e. The molecule has 2 aliphatic heterocycles. The lowest BCUT2D eigenvalue weighted by Gasteiger charge is -2.41. The average Bonchev–Trinajstić information content (AvgIpc) is 2.83. The van der Waals surface area contributed by atoms with Crippen LogP contribution in [0.4, 0.5) is 4.39 Å². The van der Waals surface area contributed by atoms with E-state index < -0.39 is 37.7 Å². The molecule has 0 aliphatic carbocycles. The summed E-state index contributed by atoms with van der Waals surface area (Å²) in [5, 5.41) is 22.0. The van der Waals surface area contributed by atoms with Gasteiger partial charge in [0, 0.05) is 37.8 Å². The molecular formula is C26H34FNO5S. The number of aliphatic hydroxyl groups excluding tert-OH is 2. The molecule has 0 saturated carbocycles. The van der Waals surface area contributed by atoms with Gasteiger partial charge in [0.05, 0.1) is 16.6 Å². The van der Waals surface area contributed by atoms with Crippen LogP contribution in [0.1, 0.15) is 48.1 Å². The predicted molar refractivity (Wildman–Crippen MR) is 129 cm³/mol. The van der Waals surface area contributed by atoms with E-state index in [9.17, 15) is 18.6 Å². The van der Waals surface area contributed by atoms with E-state index >= 15 is 4.39 Å². The molecule has 2 aliphatic rings. The van der Waals surface area contributed by atoms with E-state index in [0.29, 0.717) is 43.7 Å². The number of hydrogen-bond acceptors (Lipinski definition) is 6. The minimum Gasteiger partial charge on any atom is -0.396 e. The second-order valence-corrected chi connectivity index (χ2v) is 11.9. The predicted octanol–water partition coefficient (Wildman–Crippen LogP) is 2.68. The molecular weight excluding hydrogens is 457 g/mol. The summed E-state index contributed by atoms with van der Waals surface area (Å²) in [6.07, 6.45) is 0.517. The van der Waals surface area contributed by atoms with Gasteiger partial charge >= 0.3 is 0 Å². The van der Waals surface area contributed by atoms with Crippen molar-refractivity contribution in [3.05, 3.63) is 71.0 Å². The third-order valence-electron chi connectivity index (χ3n) is 7.65. The molecule has 2 fully saturated rings. The van der Waals surface area contributed by atoms with Crippen LogP contribution in [0.5, 0.6) is 0 Å². The lowest BCUT2D eigenvalue weighted by atomic mass is 9.69. The molecule has 3 N–H and O–H groups in total. The highest BCUT2D eigenvalue weighted by Gasteiger charge is 2.44. The molecule has 0 spiro atoms. The first-order valence-electron chi connectivity index (χ1n) is 12.0. The molecule has 2 aromatic rings. The van der Waals surface area contributed by atoms with Crippen LogP contribution >= 0.6 is 0 Å². The summed E-state index contributed by atoms with van der Waals surface area (Å²) in [6, 6.07) is 13.7. The lowest BCUT2D eigenvalue weighted by Crippen LogP contribution is -2.53. The fourth-order valence-electron chi connectivity index (χ4n) is 5.49. The molecule has 4 atom stereocenters. The summed E-state index contributed by atoms with van der Waals surface area (Å²) in [5.74, 6) is -0.469. The molecule has 34 heavy (non-hydrogen) atoms. The van der Waals surface area contributed by atoms with Crippen molar-refractivity contribution in [1.82, 2.24) is 5.32 Å². The van der Waals surface area contributed by atoms with Gasteiger partial charge in [-0.2, -0.15) is 0 Å². The van der Waals surface area contributed by atoms with Crippen LogP contribution < -0.4 is 5.32 Å². The molecule has 2 aromatic carbocycles. The Hall–Kier alpha value is -1.84. The van der Waals surface area contributed by atoms with E-state index in [2.05, 4.69) is 5.32 Å². The Morgan fingerprint density at radius 2 is 1.88 bits per heavy atom. The Morgan fingerprint density at radius 3 is 2.53 bits per heavy atom. The van der Waals surface area contributed by atoms with E-state index in [0.717, 1.165) is 5.56 Å². The Balaban J connectivity index is 1.61. The van der Waals surface area contributed by atoms with Gasteiger partial charge < -0.3 is 20.3 Å². The van der Waals surface area contributed by atoms with Gasteiger partial charge in [-0.1, -0.05) is 42.5 Å². The highest BCUT2D eigenvalue weighted by atomic mass is 32.2. The molecule has 6 nitrogen and oxygen atoms in total. The number of hydrogen-bond donors (Lipinski definition) is 3. The monoisotopic (exact) mass is 491 g/mol. The summed E-state index contributed by atoms with van der Waals surface area (Å²) in [7, 11) is -3.56. The van der Waals surface area contributed by atoms with Crippen LogP contribution in [0.25, 0.3) is 0 Å². The van der Waals surface area contributed by atoms with Gasteiger partial charge in [0.15, 0.2) is 9.84 Å². The summed E-state index contributed by atoms with van der Waals surface area (Å²) < 4.78 is 47.9. The molecule has 2 heterocycles. The van der Waals surface area contributed by atoms with Crippen LogP contribution in [0, 0.1) is 5.82 Å². The Kier molecular flexibility index (Phi) is 7.74. The van der Waals surface area contributed by atoms with Crippen molar-refractivity contribution >= 4 is 9.84 Å². The lowest BCUT2D eigenvalue weighted by molar-refractivity contribution is -0.0242. The zero-order chi connectivity index (χ0) is 24.3. The summed E-state index contributed by atoms with van der Waals surface area (Å²) >= 11 is 0. The zero-order valence-corrected chi connectivity index (χ0v) is 20.3. The largest absolute Gasteiger partial charge is 0.396 e. The van der Waals surface area contributed by atoms with Gasteiger partial charge in [-0.05, 0) is 55.4 Å². The fraction of sp³-hybridized carbons (Fsp3) is 0.538. The van der Waals surface area contributed by atoms with Gasteiger partial charge in [-0.15, -0.1) is 0 Å². The number of rotatable bonds is 7. The molecule has 4 rings (SSSR count).